The lowest BCUT2D eigenvalue weighted by atomic mass is 9.92. The third-order valence-electron chi connectivity index (χ3n) is 3.73. The number of aliphatic hydroxyl groups excluding tert-OH is 1. The number of nitrogens with one attached hydrogen (secondary N) is 1. The molecule has 1 aromatic heterocycles. The van der Waals surface area contributed by atoms with Crippen LogP contribution in [0.5, 0.6) is 0 Å². The summed E-state index contributed by atoms with van der Waals surface area (Å²) >= 11 is 0. The normalized spacial score (nSPS) is 22.9. The molecule has 0 saturated heterocycles. The van der Waals surface area contributed by atoms with Crippen molar-refractivity contribution in [2.24, 2.45) is 0 Å². The van der Waals surface area contributed by atoms with E-state index in [1.165, 1.54) is 6.33 Å². The van der Waals surface area contributed by atoms with Gasteiger partial charge in [0.1, 0.15) is 12.1 Å². The summed E-state index contributed by atoms with van der Waals surface area (Å²) in [5, 5.41) is 13.5. The number of fused-ring (bicyclic) bond motifs is 1. The Kier molecular flexibility index (Phi) is 3.48. The van der Waals surface area contributed by atoms with Gasteiger partial charge in [-0.2, -0.15) is 0 Å². The fourth-order valence-electron chi connectivity index (χ4n) is 2.62. The molecule has 2 aromatic rings. The molecule has 2 unspecified atom stereocenters. The van der Waals surface area contributed by atoms with E-state index < -0.39 is 17.7 Å². The molecule has 1 saturated carbocycles. The van der Waals surface area contributed by atoms with Crippen molar-refractivity contribution >= 4 is 16.7 Å². The number of rotatable bonds is 2. The summed E-state index contributed by atoms with van der Waals surface area (Å²) in [5.41, 5.74) is 0.340. The molecule has 1 heterocycles. The molecule has 0 aliphatic heterocycles. The second kappa shape index (κ2) is 5.28. The molecule has 1 aliphatic carbocycles. The van der Waals surface area contributed by atoms with E-state index in [0.717, 1.165) is 37.8 Å². The van der Waals surface area contributed by atoms with Gasteiger partial charge in [0.15, 0.2) is 11.6 Å². The topological polar surface area (TPSA) is 58.0 Å². The van der Waals surface area contributed by atoms with E-state index in [9.17, 15) is 13.9 Å². The fraction of sp³-hybridized carbons (Fsp3) is 0.429. The van der Waals surface area contributed by atoms with Gasteiger partial charge in [-0.3, -0.25) is 0 Å². The first-order valence-electron chi connectivity index (χ1n) is 6.69. The van der Waals surface area contributed by atoms with Gasteiger partial charge in [0.05, 0.1) is 17.7 Å². The largest absolute Gasteiger partial charge is 0.391 e. The maximum Gasteiger partial charge on any atom is 0.161 e. The van der Waals surface area contributed by atoms with Crippen molar-refractivity contribution in [2.45, 2.75) is 37.8 Å². The maximum absolute atomic E-state index is 13.4. The zero-order valence-electron chi connectivity index (χ0n) is 10.8. The first kappa shape index (κ1) is 13.2. The Morgan fingerprint density at radius 2 is 1.85 bits per heavy atom. The van der Waals surface area contributed by atoms with Crippen LogP contribution in [0.25, 0.3) is 10.9 Å². The van der Waals surface area contributed by atoms with Crippen molar-refractivity contribution in [3.63, 3.8) is 0 Å². The lowest BCUT2D eigenvalue weighted by Crippen LogP contribution is -2.36. The highest BCUT2D eigenvalue weighted by atomic mass is 19.2. The lowest BCUT2D eigenvalue weighted by Gasteiger charge is -2.29. The van der Waals surface area contributed by atoms with Crippen molar-refractivity contribution in [1.29, 1.82) is 0 Å². The molecular formula is C14H15F2N3O. The van der Waals surface area contributed by atoms with E-state index in [0.29, 0.717) is 16.7 Å². The molecule has 20 heavy (non-hydrogen) atoms. The molecule has 0 amide bonds. The minimum absolute atomic E-state index is 0.116. The van der Waals surface area contributed by atoms with E-state index in [1.807, 2.05) is 0 Å². The second-order valence-corrected chi connectivity index (χ2v) is 5.11. The van der Waals surface area contributed by atoms with Crippen LogP contribution >= 0.6 is 0 Å². The molecule has 1 aromatic carbocycles. The summed E-state index contributed by atoms with van der Waals surface area (Å²) in [5.74, 6) is -1.43. The molecule has 1 fully saturated rings. The summed E-state index contributed by atoms with van der Waals surface area (Å²) in [7, 11) is 0. The molecule has 4 nitrogen and oxygen atoms in total. The zero-order chi connectivity index (χ0) is 14.1. The number of nitrogens with zero attached hydrogens (tertiary/aromatic N) is 2. The smallest absolute Gasteiger partial charge is 0.161 e. The van der Waals surface area contributed by atoms with E-state index in [-0.39, 0.29) is 6.04 Å². The van der Waals surface area contributed by atoms with Crippen molar-refractivity contribution in [2.75, 3.05) is 5.32 Å². The van der Waals surface area contributed by atoms with Gasteiger partial charge < -0.3 is 10.4 Å². The first-order chi connectivity index (χ1) is 9.65. The van der Waals surface area contributed by atoms with Crippen LogP contribution in [0.15, 0.2) is 18.5 Å². The Morgan fingerprint density at radius 3 is 2.65 bits per heavy atom. The number of aliphatic hydroxyl groups is 1. The van der Waals surface area contributed by atoms with Crippen molar-refractivity contribution in [1.82, 2.24) is 9.97 Å². The third kappa shape index (κ3) is 2.43. The van der Waals surface area contributed by atoms with E-state index >= 15 is 0 Å². The number of anilines is 1. The standard InChI is InChI=1S/C14H15F2N3O/c15-9-5-8-12(6-10(9)16)17-7-18-14(8)19-11-3-1-2-4-13(11)20/h5-7,11,13,20H,1-4H2,(H,17,18,19). The Labute approximate surface area is 114 Å². The van der Waals surface area contributed by atoms with E-state index in [2.05, 4.69) is 15.3 Å². The van der Waals surface area contributed by atoms with Gasteiger partial charge in [-0.1, -0.05) is 12.8 Å². The molecule has 0 radical (unpaired) electrons. The Hall–Kier alpha value is -1.82. The SMILES string of the molecule is OC1CCCCC1Nc1ncnc2cc(F)c(F)cc12. The van der Waals surface area contributed by atoms with Crippen LogP contribution in [0, 0.1) is 11.6 Å². The van der Waals surface area contributed by atoms with Crippen molar-refractivity contribution in [3.05, 3.63) is 30.1 Å². The van der Waals surface area contributed by atoms with Crippen LogP contribution in [0.1, 0.15) is 25.7 Å². The van der Waals surface area contributed by atoms with Crippen molar-refractivity contribution < 1.29 is 13.9 Å². The highest BCUT2D eigenvalue weighted by molar-refractivity contribution is 5.89. The third-order valence-corrected chi connectivity index (χ3v) is 3.73. The highest BCUT2D eigenvalue weighted by Gasteiger charge is 2.24. The average Bonchev–Trinajstić information content (AvgIpc) is 2.43. The van der Waals surface area contributed by atoms with Gasteiger partial charge in [-0.15, -0.1) is 0 Å². The number of hydrogen-bond acceptors (Lipinski definition) is 4. The predicted octanol–water partition coefficient (Wildman–Crippen LogP) is 2.62. The molecule has 6 heteroatoms. The lowest BCUT2D eigenvalue weighted by molar-refractivity contribution is 0.116. The van der Waals surface area contributed by atoms with Crippen LogP contribution in [0.2, 0.25) is 0 Å². The monoisotopic (exact) mass is 279 g/mol. The Balaban J connectivity index is 1.96. The Bertz CT molecular complexity index is 635. The van der Waals surface area contributed by atoms with Crippen LogP contribution in [0.3, 0.4) is 0 Å². The molecule has 0 bridgehead atoms. The van der Waals surface area contributed by atoms with Gasteiger partial charge in [0.25, 0.3) is 0 Å². The van der Waals surface area contributed by atoms with E-state index in [1.54, 1.807) is 0 Å². The molecule has 2 N–H and O–H groups in total. The minimum atomic E-state index is -0.931. The average molecular weight is 279 g/mol. The predicted molar refractivity (Wildman–Crippen MR) is 71.3 cm³/mol. The molecular weight excluding hydrogens is 264 g/mol. The molecule has 106 valence electrons. The van der Waals surface area contributed by atoms with Crippen molar-refractivity contribution in [3.8, 4) is 0 Å². The quantitative estimate of drug-likeness (QED) is 0.887. The van der Waals surface area contributed by atoms with Gasteiger partial charge in [0, 0.05) is 11.5 Å². The summed E-state index contributed by atoms with van der Waals surface area (Å²) in [6.07, 6.45) is 4.46. The molecule has 0 spiro atoms. The highest BCUT2D eigenvalue weighted by Crippen LogP contribution is 2.26. The van der Waals surface area contributed by atoms with Gasteiger partial charge in [0.2, 0.25) is 0 Å². The molecule has 2 atom stereocenters. The van der Waals surface area contributed by atoms with Crippen LogP contribution in [-0.4, -0.2) is 27.2 Å². The van der Waals surface area contributed by atoms with Gasteiger partial charge >= 0.3 is 0 Å². The number of benzene rings is 1. The van der Waals surface area contributed by atoms with E-state index in [4.69, 9.17) is 0 Å². The zero-order valence-corrected chi connectivity index (χ0v) is 10.8. The summed E-state index contributed by atoms with van der Waals surface area (Å²) < 4.78 is 26.6. The number of aromatic nitrogens is 2. The maximum atomic E-state index is 13.4. The second-order valence-electron chi connectivity index (χ2n) is 5.11. The minimum Gasteiger partial charge on any atom is -0.391 e. The number of halogens is 2. The summed E-state index contributed by atoms with van der Waals surface area (Å²) in [4.78, 5) is 8.02. The summed E-state index contributed by atoms with van der Waals surface area (Å²) in [6, 6.07) is 2.02. The van der Waals surface area contributed by atoms with Gasteiger partial charge in [-0.25, -0.2) is 18.7 Å². The number of hydrogen-bond donors (Lipinski definition) is 2. The Morgan fingerprint density at radius 1 is 1.10 bits per heavy atom. The molecule has 3 rings (SSSR count). The van der Waals surface area contributed by atoms with Gasteiger partial charge in [-0.05, 0) is 18.9 Å². The van der Waals surface area contributed by atoms with Crippen LogP contribution in [-0.2, 0) is 0 Å². The van der Waals surface area contributed by atoms with Crippen LogP contribution < -0.4 is 5.32 Å². The van der Waals surface area contributed by atoms with Crippen LogP contribution in [0.4, 0.5) is 14.6 Å². The fourth-order valence-corrected chi connectivity index (χ4v) is 2.62. The first-order valence-corrected chi connectivity index (χ1v) is 6.69. The summed E-state index contributed by atoms with van der Waals surface area (Å²) in [6.45, 7) is 0. The molecule has 1 aliphatic rings.